The van der Waals surface area contributed by atoms with Crippen molar-refractivity contribution in [2.24, 2.45) is 0 Å². The first kappa shape index (κ1) is 17.1. The van der Waals surface area contributed by atoms with Crippen LogP contribution in [0.25, 0.3) is 0 Å². The maximum atomic E-state index is 11.8. The molecule has 1 heterocycles. The Labute approximate surface area is 137 Å². The number of nitrogens with zero attached hydrogens (tertiary/aromatic N) is 1. The van der Waals surface area contributed by atoms with Crippen molar-refractivity contribution in [3.05, 3.63) is 42.6 Å². The maximum absolute atomic E-state index is 11.8. The van der Waals surface area contributed by atoms with Gasteiger partial charge < -0.3 is 10.1 Å². The summed E-state index contributed by atoms with van der Waals surface area (Å²) in [6.07, 6.45) is 3.05. The molecule has 0 aliphatic rings. The van der Waals surface area contributed by atoms with Crippen LogP contribution in [0.5, 0.6) is 5.75 Å². The molecule has 0 bridgehead atoms. The molecule has 2 aromatic rings. The van der Waals surface area contributed by atoms with Gasteiger partial charge in [-0.2, -0.15) is 0 Å². The van der Waals surface area contributed by atoms with Crippen molar-refractivity contribution >= 4 is 27.2 Å². The van der Waals surface area contributed by atoms with Crippen LogP contribution in [-0.4, -0.2) is 26.3 Å². The number of sulfonamides is 1. The Morgan fingerprint density at radius 2 is 1.78 bits per heavy atom. The van der Waals surface area contributed by atoms with E-state index in [2.05, 4.69) is 15.0 Å². The van der Waals surface area contributed by atoms with Crippen molar-refractivity contribution in [1.29, 1.82) is 0 Å². The lowest BCUT2D eigenvalue weighted by molar-refractivity contribution is 0.415. The average molecular weight is 335 g/mol. The monoisotopic (exact) mass is 335 g/mol. The highest BCUT2D eigenvalue weighted by molar-refractivity contribution is 7.92. The predicted octanol–water partition coefficient (Wildman–Crippen LogP) is 3.38. The standard InChI is InChI=1S/C16H21N3O3S/c1-3-4-11-23(20,21)19-16-10-7-14(12-17-16)18-13-5-8-15(22-2)9-6-13/h5-10,12,18H,3-4,11H2,1-2H3,(H,17,19). The normalized spacial score (nSPS) is 11.0. The van der Waals surface area contributed by atoms with Gasteiger partial charge in [-0.15, -0.1) is 0 Å². The summed E-state index contributed by atoms with van der Waals surface area (Å²) in [6.45, 7) is 1.95. The second-order valence-corrected chi connectivity index (χ2v) is 6.90. The van der Waals surface area contributed by atoms with Gasteiger partial charge in [0.25, 0.3) is 0 Å². The van der Waals surface area contributed by atoms with E-state index in [0.717, 1.165) is 23.5 Å². The van der Waals surface area contributed by atoms with Gasteiger partial charge in [-0.1, -0.05) is 13.3 Å². The van der Waals surface area contributed by atoms with Gasteiger partial charge in [0.05, 0.1) is 24.7 Å². The van der Waals surface area contributed by atoms with E-state index in [1.165, 1.54) is 0 Å². The number of pyridine rings is 1. The van der Waals surface area contributed by atoms with Crippen LogP contribution in [-0.2, 0) is 10.0 Å². The van der Waals surface area contributed by atoms with Gasteiger partial charge in [0.15, 0.2) is 0 Å². The number of hydrogen-bond acceptors (Lipinski definition) is 5. The van der Waals surface area contributed by atoms with Gasteiger partial charge in [0.2, 0.25) is 10.0 Å². The van der Waals surface area contributed by atoms with Crippen LogP contribution < -0.4 is 14.8 Å². The summed E-state index contributed by atoms with van der Waals surface area (Å²) in [5, 5.41) is 3.18. The fraction of sp³-hybridized carbons (Fsp3) is 0.312. The highest BCUT2D eigenvalue weighted by atomic mass is 32.2. The lowest BCUT2D eigenvalue weighted by Gasteiger charge is -2.09. The Bertz CT molecular complexity index is 713. The Balaban J connectivity index is 1.98. The molecule has 0 amide bonds. The highest BCUT2D eigenvalue weighted by Gasteiger charge is 2.10. The number of nitrogens with one attached hydrogen (secondary N) is 2. The van der Waals surface area contributed by atoms with Crippen LogP contribution in [0.2, 0.25) is 0 Å². The fourth-order valence-electron chi connectivity index (χ4n) is 1.91. The summed E-state index contributed by atoms with van der Waals surface area (Å²) >= 11 is 0. The van der Waals surface area contributed by atoms with Crippen molar-refractivity contribution in [3.8, 4) is 5.75 Å². The molecule has 7 heteroatoms. The largest absolute Gasteiger partial charge is 0.497 e. The zero-order valence-corrected chi connectivity index (χ0v) is 14.1. The van der Waals surface area contributed by atoms with E-state index in [1.54, 1.807) is 25.4 Å². The Hall–Kier alpha value is -2.28. The minimum Gasteiger partial charge on any atom is -0.497 e. The van der Waals surface area contributed by atoms with Crippen LogP contribution in [0.1, 0.15) is 19.8 Å². The van der Waals surface area contributed by atoms with E-state index < -0.39 is 10.0 Å². The molecular formula is C16H21N3O3S. The molecule has 6 nitrogen and oxygen atoms in total. The number of anilines is 3. The summed E-state index contributed by atoms with van der Waals surface area (Å²) in [6, 6.07) is 10.9. The van der Waals surface area contributed by atoms with E-state index >= 15 is 0 Å². The third-order valence-electron chi connectivity index (χ3n) is 3.17. The maximum Gasteiger partial charge on any atom is 0.233 e. The molecule has 0 aliphatic heterocycles. The molecule has 124 valence electrons. The first-order chi connectivity index (χ1) is 11.0. The molecule has 2 rings (SSSR count). The summed E-state index contributed by atoms with van der Waals surface area (Å²) in [7, 11) is -1.71. The van der Waals surface area contributed by atoms with Gasteiger partial charge in [0.1, 0.15) is 11.6 Å². The molecule has 0 aliphatic carbocycles. The van der Waals surface area contributed by atoms with Gasteiger partial charge in [-0.3, -0.25) is 4.72 Å². The molecule has 1 aromatic carbocycles. The smallest absolute Gasteiger partial charge is 0.233 e. The summed E-state index contributed by atoms with van der Waals surface area (Å²) < 4.78 is 31.2. The first-order valence-corrected chi connectivity index (χ1v) is 9.05. The number of unbranched alkanes of at least 4 members (excludes halogenated alkanes) is 1. The lowest BCUT2D eigenvalue weighted by atomic mass is 10.3. The van der Waals surface area contributed by atoms with Crippen LogP contribution in [0.4, 0.5) is 17.2 Å². The lowest BCUT2D eigenvalue weighted by Crippen LogP contribution is -2.17. The molecule has 0 unspecified atom stereocenters. The first-order valence-electron chi connectivity index (χ1n) is 7.40. The molecule has 0 radical (unpaired) electrons. The van der Waals surface area contributed by atoms with Crippen LogP contribution in [0, 0.1) is 0 Å². The second-order valence-electron chi connectivity index (χ2n) is 5.06. The number of hydrogen-bond donors (Lipinski definition) is 2. The van der Waals surface area contributed by atoms with E-state index in [9.17, 15) is 8.42 Å². The summed E-state index contributed by atoms with van der Waals surface area (Å²) in [5.74, 6) is 1.21. The van der Waals surface area contributed by atoms with Crippen LogP contribution in [0.3, 0.4) is 0 Å². The number of methoxy groups -OCH3 is 1. The highest BCUT2D eigenvalue weighted by Crippen LogP contribution is 2.20. The Kier molecular flexibility index (Phi) is 5.81. The average Bonchev–Trinajstić information content (AvgIpc) is 2.55. The van der Waals surface area contributed by atoms with Crippen molar-refractivity contribution in [2.75, 3.05) is 22.9 Å². The third kappa shape index (κ3) is 5.45. The van der Waals surface area contributed by atoms with Crippen molar-refractivity contribution in [3.63, 3.8) is 0 Å². The van der Waals surface area contributed by atoms with Gasteiger partial charge in [-0.05, 0) is 42.8 Å². The molecule has 0 saturated carbocycles. The molecule has 0 atom stereocenters. The van der Waals surface area contributed by atoms with E-state index in [1.807, 2.05) is 31.2 Å². The van der Waals surface area contributed by atoms with Crippen molar-refractivity contribution < 1.29 is 13.2 Å². The van der Waals surface area contributed by atoms with E-state index in [0.29, 0.717) is 12.2 Å². The molecule has 0 saturated heterocycles. The quantitative estimate of drug-likeness (QED) is 0.773. The van der Waals surface area contributed by atoms with Gasteiger partial charge in [0, 0.05) is 5.69 Å². The Morgan fingerprint density at radius 1 is 1.09 bits per heavy atom. The Morgan fingerprint density at radius 3 is 2.35 bits per heavy atom. The van der Waals surface area contributed by atoms with Gasteiger partial charge in [-0.25, -0.2) is 13.4 Å². The number of aromatic nitrogens is 1. The molecule has 0 spiro atoms. The minimum atomic E-state index is -3.32. The number of benzene rings is 1. The van der Waals surface area contributed by atoms with E-state index in [4.69, 9.17) is 4.74 Å². The molecule has 1 aromatic heterocycles. The van der Waals surface area contributed by atoms with E-state index in [-0.39, 0.29) is 5.75 Å². The number of ether oxygens (including phenoxy) is 1. The predicted molar refractivity (Wildman–Crippen MR) is 92.8 cm³/mol. The summed E-state index contributed by atoms with van der Waals surface area (Å²) in [5.41, 5.74) is 1.66. The minimum absolute atomic E-state index is 0.108. The molecule has 23 heavy (non-hydrogen) atoms. The molecule has 2 N–H and O–H groups in total. The van der Waals surface area contributed by atoms with Crippen LogP contribution >= 0.6 is 0 Å². The summed E-state index contributed by atoms with van der Waals surface area (Å²) in [4.78, 5) is 4.12. The van der Waals surface area contributed by atoms with Gasteiger partial charge >= 0.3 is 0 Å². The SMILES string of the molecule is CCCCS(=O)(=O)Nc1ccc(Nc2ccc(OC)cc2)cn1. The number of rotatable bonds is 8. The zero-order chi connectivity index (χ0) is 16.7. The third-order valence-corrected chi connectivity index (χ3v) is 4.52. The fourth-order valence-corrected chi connectivity index (χ4v) is 3.12. The zero-order valence-electron chi connectivity index (χ0n) is 13.2. The van der Waals surface area contributed by atoms with Crippen molar-refractivity contribution in [1.82, 2.24) is 4.98 Å². The molecular weight excluding hydrogens is 314 g/mol. The second kappa shape index (κ2) is 7.82. The van der Waals surface area contributed by atoms with Crippen LogP contribution in [0.15, 0.2) is 42.6 Å². The topological polar surface area (TPSA) is 80.3 Å². The molecule has 0 fully saturated rings. The van der Waals surface area contributed by atoms with Crippen molar-refractivity contribution in [2.45, 2.75) is 19.8 Å².